The fraction of sp³-hybridized carbons (Fsp3) is 0.625. The van der Waals surface area contributed by atoms with E-state index in [9.17, 15) is 0 Å². The molecule has 1 unspecified atom stereocenters. The molecule has 0 bridgehead atoms. The zero-order chi connectivity index (χ0) is 19.6. The van der Waals surface area contributed by atoms with Gasteiger partial charge in [-0.3, -0.25) is 4.98 Å². The molecule has 156 valence electrons. The molecular formula is C24H32N2O3. The van der Waals surface area contributed by atoms with Gasteiger partial charge in [0.05, 0.1) is 31.5 Å². The van der Waals surface area contributed by atoms with Crippen molar-refractivity contribution in [2.75, 3.05) is 46.6 Å². The van der Waals surface area contributed by atoms with Gasteiger partial charge >= 0.3 is 0 Å². The Morgan fingerprint density at radius 2 is 1.97 bits per heavy atom. The summed E-state index contributed by atoms with van der Waals surface area (Å²) in [5, 5.41) is 1.24. The molecule has 0 saturated carbocycles. The normalized spacial score (nSPS) is 21.8. The molecule has 5 rings (SSSR count). The second kappa shape index (κ2) is 8.49. The molecule has 1 aromatic carbocycles. The Kier molecular flexibility index (Phi) is 5.60. The number of ether oxygens (including phenoxy) is 3. The topological polar surface area (TPSA) is 43.8 Å². The van der Waals surface area contributed by atoms with Crippen LogP contribution in [-0.2, 0) is 17.6 Å². The number of pyridine rings is 1. The summed E-state index contributed by atoms with van der Waals surface area (Å²) in [6, 6.07) is 4.25. The smallest absolute Gasteiger partial charge is 0.163 e. The monoisotopic (exact) mass is 396 g/mol. The Balaban J connectivity index is 1.41. The van der Waals surface area contributed by atoms with Crippen LogP contribution in [0.25, 0.3) is 10.9 Å². The van der Waals surface area contributed by atoms with E-state index in [4.69, 9.17) is 19.2 Å². The standard InChI is InChI=1S/C24H32N2O3/c1-27-22-14-20-18-6-4-7-19(18)24(17-8-13-28-16-17)25-21(20)15-23(22)29-12-5-11-26-9-2-3-10-26/h14-15,17H,2-13,16H2,1H3. The lowest BCUT2D eigenvalue weighted by molar-refractivity contribution is 0.193. The highest BCUT2D eigenvalue weighted by Crippen LogP contribution is 2.40. The Hall–Kier alpha value is -1.85. The first-order valence-electron chi connectivity index (χ1n) is 11.3. The van der Waals surface area contributed by atoms with Crippen LogP contribution in [0.4, 0.5) is 0 Å². The van der Waals surface area contributed by atoms with E-state index in [1.54, 1.807) is 7.11 Å². The number of rotatable bonds is 7. The van der Waals surface area contributed by atoms with Crippen LogP contribution in [0.15, 0.2) is 12.1 Å². The van der Waals surface area contributed by atoms with E-state index in [2.05, 4.69) is 17.0 Å². The molecule has 2 fully saturated rings. The third kappa shape index (κ3) is 3.82. The number of aromatic nitrogens is 1. The number of hydrogen-bond donors (Lipinski definition) is 0. The van der Waals surface area contributed by atoms with E-state index in [0.717, 1.165) is 62.5 Å². The third-order valence-electron chi connectivity index (χ3n) is 6.77. The average Bonchev–Trinajstić information content (AvgIpc) is 3.52. The fourth-order valence-electron chi connectivity index (χ4n) is 5.24. The molecular weight excluding hydrogens is 364 g/mol. The zero-order valence-electron chi connectivity index (χ0n) is 17.5. The summed E-state index contributed by atoms with van der Waals surface area (Å²) < 4.78 is 17.5. The first-order chi connectivity index (χ1) is 14.3. The predicted molar refractivity (Wildman–Crippen MR) is 114 cm³/mol. The van der Waals surface area contributed by atoms with Crippen molar-refractivity contribution in [3.05, 3.63) is 29.0 Å². The maximum absolute atomic E-state index is 6.16. The van der Waals surface area contributed by atoms with Gasteiger partial charge in [0, 0.05) is 30.5 Å². The molecule has 1 atom stereocenters. The molecule has 0 amide bonds. The molecule has 2 aliphatic heterocycles. The van der Waals surface area contributed by atoms with E-state index < -0.39 is 0 Å². The molecule has 2 aromatic rings. The number of fused-ring (bicyclic) bond motifs is 3. The van der Waals surface area contributed by atoms with Crippen LogP contribution < -0.4 is 9.47 Å². The molecule has 0 radical (unpaired) electrons. The van der Waals surface area contributed by atoms with Gasteiger partial charge in [-0.15, -0.1) is 0 Å². The lowest BCUT2D eigenvalue weighted by Gasteiger charge is -2.18. The lowest BCUT2D eigenvalue weighted by atomic mass is 9.94. The van der Waals surface area contributed by atoms with Crippen molar-refractivity contribution in [3.63, 3.8) is 0 Å². The second-order valence-electron chi connectivity index (χ2n) is 8.64. The molecule has 3 heterocycles. The largest absolute Gasteiger partial charge is 0.493 e. The van der Waals surface area contributed by atoms with Gasteiger partial charge in [-0.05, 0) is 75.2 Å². The van der Waals surface area contributed by atoms with Crippen LogP contribution >= 0.6 is 0 Å². The third-order valence-corrected chi connectivity index (χ3v) is 6.77. The van der Waals surface area contributed by atoms with Gasteiger partial charge in [-0.25, -0.2) is 0 Å². The number of hydrogen-bond acceptors (Lipinski definition) is 5. The van der Waals surface area contributed by atoms with Crippen molar-refractivity contribution < 1.29 is 14.2 Å². The van der Waals surface area contributed by atoms with Crippen molar-refractivity contribution in [1.82, 2.24) is 9.88 Å². The first-order valence-corrected chi connectivity index (χ1v) is 11.3. The van der Waals surface area contributed by atoms with Crippen molar-refractivity contribution in [3.8, 4) is 11.5 Å². The van der Waals surface area contributed by atoms with Crippen LogP contribution in [0.5, 0.6) is 11.5 Å². The highest BCUT2D eigenvalue weighted by Gasteiger charge is 2.28. The summed E-state index contributed by atoms with van der Waals surface area (Å²) in [6.07, 6.45) is 8.29. The van der Waals surface area contributed by atoms with Gasteiger partial charge in [0.25, 0.3) is 0 Å². The molecule has 0 spiro atoms. The Bertz CT molecular complexity index is 870. The predicted octanol–water partition coefficient (Wildman–Crippen LogP) is 4.10. The van der Waals surface area contributed by atoms with E-state index in [1.807, 2.05) is 0 Å². The van der Waals surface area contributed by atoms with Crippen LogP contribution in [0.3, 0.4) is 0 Å². The van der Waals surface area contributed by atoms with E-state index in [0.29, 0.717) is 12.5 Å². The summed E-state index contributed by atoms with van der Waals surface area (Å²) in [4.78, 5) is 7.66. The Labute approximate surface area is 173 Å². The fourth-order valence-corrected chi connectivity index (χ4v) is 5.24. The molecule has 5 nitrogen and oxygen atoms in total. The average molecular weight is 397 g/mol. The first kappa shape index (κ1) is 19.1. The quantitative estimate of drug-likeness (QED) is 0.659. The van der Waals surface area contributed by atoms with Crippen molar-refractivity contribution in [2.45, 2.75) is 50.9 Å². The van der Waals surface area contributed by atoms with Crippen LogP contribution in [0, 0.1) is 0 Å². The minimum absolute atomic E-state index is 0.443. The van der Waals surface area contributed by atoms with Gasteiger partial charge in [0.2, 0.25) is 0 Å². The zero-order valence-corrected chi connectivity index (χ0v) is 17.5. The number of nitrogens with zero attached hydrogens (tertiary/aromatic N) is 2. The van der Waals surface area contributed by atoms with Crippen molar-refractivity contribution in [1.29, 1.82) is 0 Å². The number of methoxy groups -OCH3 is 1. The van der Waals surface area contributed by atoms with Crippen molar-refractivity contribution in [2.24, 2.45) is 0 Å². The lowest BCUT2D eigenvalue weighted by Crippen LogP contribution is -2.21. The number of benzene rings is 1. The van der Waals surface area contributed by atoms with Crippen molar-refractivity contribution >= 4 is 10.9 Å². The maximum atomic E-state index is 6.16. The molecule has 3 aliphatic rings. The summed E-state index contributed by atoms with van der Waals surface area (Å²) >= 11 is 0. The molecule has 0 N–H and O–H groups in total. The summed E-state index contributed by atoms with van der Waals surface area (Å²) in [5.41, 5.74) is 5.25. The minimum Gasteiger partial charge on any atom is -0.493 e. The van der Waals surface area contributed by atoms with E-state index in [1.165, 1.54) is 54.6 Å². The van der Waals surface area contributed by atoms with Gasteiger partial charge in [0.1, 0.15) is 0 Å². The molecule has 1 aromatic heterocycles. The summed E-state index contributed by atoms with van der Waals surface area (Å²) in [6.45, 7) is 5.97. The van der Waals surface area contributed by atoms with Gasteiger partial charge < -0.3 is 19.1 Å². The summed E-state index contributed by atoms with van der Waals surface area (Å²) in [5.74, 6) is 2.09. The summed E-state index contributed by atoms with van der Waals surface area (Å²) in [7, 11) is 1.73. The molecule has 1 aliphatic carbocycles. The van der Waals surface area contributed by atoms with Gasteiger partial charge in [-0.2, -0.15) is 0 Å². The van der Waals surface area contributed by atoms with Crippen LogP contribution in [0.2, 0.25) is 0 Å². The van der Waals surface area contributed by atoms with E-state index >= 15 is 0 Å². The molecule has 29 heavy (non-hydrogen) atoms. The van der Waals surface area contributed by atoms with Gasteiger partial charge in [-0.1, -0.05) is 0 Å². The molecule has 5 heteroatoms. The number of aryl methyl sites for hydroxylation is 1. The highest BCUT2D eigenvalue weighted by atomic mass is 16.5. The highest BCUT2D eigenvalue weighted by molar-refractivity contribution is 5.87. The van der Waals surface area contributed by atoms with Crippen LogP contribution in [-0.4, -0.2) is 56.4 Å². The van der Waals surface area contributed by atoms with E-state index in [-0.39, 0.29) is 0 Å². The second-order valence-corrected chi connectivity index (χ2v) is 8.64. The Morgan fingerprint density at radius 3 is 2.76 bits per heavy atom. The van der Waals surface area contributed by atoms with Gasteiger partial charge in [0.15, 0.2) is 11.5 Å². The maximum Gasteiger partial charge on any atom is 0.163 e. The molecule has 2 saturated heterocycles. The minimum atomic E-state index is 0.443. The Morgan fingerprint density at radius 1 is 1.10 bits per heavy atom. The van der Waals surface area contributed by atoms with Crippen LogP contribution in [0.1, 0.15) is 54.8 Å². The number of likely N-dealkylation sites (tertiary alicyclic amines) is 1. The SMILES string of the molecule is COc1cc2c3c(c(C4CCOC4)nc2cc1OCCCN1CCCC1)CCC3.